The molecule has 5 heteroatoms. The van der Waals surface area contributed by atoms with E-state index in [0.717, 1.165) is 5.56 Å². The molecule has 2 rings (SSSR count). The van der Waals surface area contributed by atoms with Crippen LogP contribution in [0.4, 0.5) is 5.69 Å². The molecule has 21 heavy (non-hydrogen) atoms. The van der Waals surface area contributed by atoms with Gasteiger partial charge in [0, 0.05) is 29.7 Å². The van der Waals surface area contributed by atoms with E-state index in [1.807, 2.05) is 13.8 Å². The van der Waals surface area contributed by atoms with Gasteiger partial charge in [0.15, 0.2) is 0 Å². The molecule has 0 spiro atoms. The Morgan fingerprint density at radius 2 is 2.24 bits per heavy atom. The first kappa shape index (κ1) is 14.8. The maximum Gasteiger partial charge on any atom is 0.313 e. The molecule has 1 aromatic heterocycles. The number of benzene rings is 1. The van der Waals surface area contributed by atoms with Crippen molar-refractivity contribution in [2.45, 2.75) is 26.3 Å². The fraction of sp³-hybridized carbons (Fsp3) is 0.250. The minimum absolute atomic E-state index is 0.0434. The largest absolute Gasteiger partial charge is 0.434 e. The SMILES string of the molecule is C=CCc1cc(N)ccc1Oc1nccn(C(C)C)c1=O. The highest BCUT2D eigenvalue weighted by atomic mass is 16.5. The average molecular weight is 285 g/mol. The third kappa shape index (κ3) is 3.31. The number of anilines is 1. The van der Waals surface area contributed by atoms with Gasteiger partial charge in [-0.15, -0.1) is 6.58 Å². The molecule has 0 saturated carbocycles. The highest BCUT2D eigenvalue weighted by Gasteiger charge is 2.11. The van der Waals surface area contributed by atoms with Crippen molar-refractivity contribution in [2.75, 3.05) is 5.73 Å². The second-order valence-corrected chi connectivity index (χ2v) is 5.00. The van der Waals surface area contributed by atoms with Crippen LogP contribution in [0.5, 0.6) is 11.6 Å². The molecule has 2 aromatic rings. The smallest absolute Gasteiger partial charge is 0.313 e. The second kappa shape index (κ2) is 6.26. The summed E-state index contributed by atoms with van der Waals surface area (Å²) in [4.78, 5) is 16.3. The summed E-state index contributed by atoms with van der Waals surface area (Å²) >= 11 is 0. The van der Waals surface area contributed by atoms with Gasteiger partial charge in [-0.3, -0.25) is 4.79 Å². The predicted molar refractivity (Wildman–Crippen MR) is 83.7 cm³/mol. The highest BCUT2D eigenvalue weighted by Crippen LogP contribution is 2.25. The van der Waals surface area contributed by atoms with Crippen LogP contribution in [0.1, 0.15) is 25.5 Å². The van der Waals surface area contributed by atoms with Crippen molar-refractivity contribution in [1.82, 2.24) is 9.55 Å². The molecule has 0 atom stereocenters. The van der Waals surface area contributed by atoms with Crippen molar-refractivity contribution in [1.29, 1.82) is 0 Å². The summed E-state index contributed by atoms with van der Waals surface area (Å²) in [6.45, 7) is 7.57. The number of rotatable bonds is 5. The van der Waals surface area contributed by atoms with E-state index < -0.39 is 0 Å². The molecule has 0 saturated heterocycles. The Morgan fingerprint density at radius 1 is 1.48 bits per heavy atom. The molecular formula is C16H19N3O2. The first-order valence-electron chi connectivity index (χ1n) is 6.77. The monoisotopic (exact) mass is 285 g/mol. The van der Waals surface area contributed by atoms with E-state index >= 15 is 0 Å². The summed E-state index contributed by atoms with van der Waals surface area (Å²) in [5.41, 5.74) is 7.02. The molecule has 5 nitrogen and oxygen atoms in total. The molecule has 1 heterocycles. The minimum Gasteiger partial charge on any atom is -0.434 e. The van der Waals surface area contributed by atoms with Gasteiger partial charge in [-0.2, -0.15) is 0 Å². The van der Waals surface area contributed by atoms with Gasteiger partial charge in [-0.25, -0.2) is 4.98 Å². The van der Waals surface area contributed by atoms with E-state index in [0.29, 0.717) is 17.9 Å². The molecule has 0 bridgehead atoms. The molecule has 0 unspecified atom stereocenters. The fourth-order valence-electron chi connectivity index (χ4n) is 2.00. The fourth-order valence-corrected chi connectivity index (χ4v) is 2.00. The van der Waals surface area contributed by atoms with Crippen LogP contribution in [0.2, 0.25) is 0 Å². The third-order valence-corrected chi connectivity index (χ3v) is 3.05. The molecule has 0 aliphatic carbocycles. The molecular weight excluding hydrogens is 266 g/mol. The summed E-state index contributed by atoms with van der Waals surface area (Å²) in [5.74, 6) is 0.622. The molecule has 0 amide bonds. The molecule has 1 aromatic carbocycles. The number of aromatic nitrogens is 2. The number of nitrogens with zero attached hydrogens (tertiary/aromatic N) is 2. The number of allylic oxidation sites excluding steroid dienone is 1. The van der Waals surface area contributed by atoms with Crippen LogP contribution in [0.3, 0.4) is 0 Å². The average Bonchev–Trinajstić information content (AvgIpc) is 2.44. The third-order valence-electron chi connectivity index (χ3n) is 3.05. The number of nitrogen functional groups attached to an aromatic ring is 1. The Morgan fingerprint density at radius 3 is 2.90 bits per heavy atom. The van der Waals surface area contributed by atoms with Crippen molar-refractivity contribution in [3.63, 3.8) is 0 Å². The van der Waals surface area contributed by atoms with E-state index in [4.69, 9.17) is 10.5 Å². The summed E-state index contributed by atoms with van der Waals surface area (Å²) in [5, 5.41) is 0. The summed E-state index contributed by atoms with van der Waals surface area (Å²) in [6.07, 6.45) is 5.56. The van der Waals surface area contributed by atoms with Crippen LogP contribution >= 0.6 is 0 Å². The maximum atomic E-state index is 12.3. The van der Waals surface area contributed by atoms with Crippen LogP contribution in [-0.4, -0.2) is 9.55 Å². The summed E-state index contributed by atoms with van der Waals surface area (Å²) in [6, 6.07) is 5.32. The van der Waals surface area contributed by atoms with Crippen molar-refractivity contribution < 1.29 is 4.74 Å². The van der Waals surface area contributed by atoms with Gasteiger partial charge in [0.05, 0.1) is 0 Å². The zero-order valence-corrected chi connectivity index (χ0v) is 12.2. The maximum absolute atomic E-state index is 12.3. The Labute approximate surface area is 123 Å². The van der Waals surface area contributed by atoms with E-state index in [1.165, 1.54) is 0 Å². The van der Waals surface area contributed by atoms with Crippen molar-refractivity contribution >= 4 is 5.69 Å². The predicted octanol–water partition coefficient (Wildman–Crippen LogP) is 2.93. The van der Waals surface area contributed by atoms with Gasteiger partial charge in [0.2, 0.25) is 0 Å². The Hall–Kier alpha value is -2.56. The molecule has 2 N–H and O–H groups in total. The van der Waals surface area contributed by atoms with Gasteiger partial charge in [-0.05, 0) is 38.5 Å². The van der Waals surface area contributed by atoms with E-state index in [9.17, 15) is 4.79 Å². The number of ether oxygens (including phenoxy) is 1. The lowest BCUT2D eigenvalue weighted by atomic mass is 10.1. The zero-order chi connectivity index (χ0) is 15.4. The first-order chi connectivity index (χ1) is 10.0. The Kier molecular flexibility index (Phi) is 4.42. The molecule has 0 aliphatic heterocycles. The molecule has 0 aliphatic rings. The lowest BCUT2D eigenvalue weighted by Gasteiger charge is -2.13. The summed E-state index contributed by atoms with van der Waals surface area (Å²) < 4.78 is 7.27. The van der Waals surface area contributed by atoms with E-state index in [1.54, 1.807) is 41.2 Å². The second-order valence-electron chi connectivity index (χ2n) is 5.00. The van der Waals surface area contributed by atoms with Crippen LogP contribution in [0.15, 0.2) is 48.0 Å². The van der Waals surface area contributed by atoms with Gasteiger partial charge in [-0.1, -0.05) is 6.08 Å². The molecule has 0 radical (unpaired) electrons. The lowest BCUT2D eigenvalue weighted by Crippen LogP contribution is -2.23. The number of nitrogens with two attached hydrogens (primary N) is 1. The van der Waals surface area contributed by atoms with E-state index in [2.05, 4.69) is 11.6 Å². The van der Waals surface area contributed by atoms with Gasteiger partial charge in [0.25, 0.3) is 5.88 Å². The topological polar surface area (TPSA) is 70.1 Å². The van der Waals surface area contributed by atoms with Crippen LogP contribution in [-0.2, 0) is 6.42 Å². The van der Waals surface area contributed by atoms with Crippen molar-refractivity contribution in [3.8, 4) is 11.6 Å². The van der Waals surface area contributed by atoms with Crippen LogP contribution in [0, 0.1) is 0 Å². The van der Waals surface area contributed by atoms with Crippen molar-refractivity contribution in [2.24, 2.45) is 0 Å². The van der Waals surface area contributed by atoms with Crippen LogP contribution in [0.25, 0.3) is 0 Å². The lowest BCUT2D eigenvalue weighted by molar-refractivity contribution is 0.433. The first-order valence-corrected chi connectivity index (χ1v) is 6.77. The zero-order valence-electron chi connectivity index (χ0n) is 12.2. The van der Waals surface area contributed by atoms with Gasteiger partial charge < -0.3 is 15.0 Å². The van der Waals surface area contributed by atoms with Gasteiger partial charge >= 0.3 is 5.56 Å². The highest BCUT2D eigenvalue weighted by molar-refractivity contribution is 5.49. The van der Waals surface area contributed by atoms with Gasteiger partial charge in [0.1, 0.15) is 5.75 Å². The normalized spacial score (nSPS) is 10.6. The quantitative estimate of drug-likeness (QED) is 0.677. The van der Waals surface area contributed by atoms with E-state index in [-0.39, 0.29) is 17.5 Å². The Bertz CT molecular complexity index is 705. The summed E-state index contributed by atoms with van der Waals surface area (Å²) in [7, 11) is 0. The minimum atomic E-state index is -0.256. The van der Waals surface area contributed by atoms with Crippen molar-refractivity contribution in [3.05, 3.63) is 59.2 Å². The number of hydrogen-bond acceptors (Lipinski definition) is 4. The Balaban J connectivity index is 2.41. The molecule has 0 fully saturated rings. The standard InChI is InChI=1S/C16H19N3O2/c1-4-5-12-10-13(17)6-7-14(12)21-15-16(20)19(11(2)3)9-8-18-15/h4,6-11H,1,5,17H2,2-3H3. The number of hydrogen-bond donors (Lipinski definition) is 1. The van der Waals surface area contributed by atoms with Crippen LogP contribution < -0.4 is 16.0 Å². The molecule has 110 valence electrons.